The van der Waals surface area contributed by atoms with Crippen molar-refractivity contribution in [2.24, 2.45) is 0 Å². The summed E-state index contributed by atoms with van der Waals surface area (Å²) < 4.78 is 5.27. The SMILES string of the molecule is CC(=O)c1ccc(-c2cncc(C(=O)N3CCOCC3)c2)cc1. The Kier molecular flexibility index (Phi) is 4.48. The molecule has 1 saturated heterocycles. The highest BCUT2D eigenvalue weighted by atomic mass is 16.5. The first-order valence-electron chi connectivity index (χ1n) is 7.58. The van der Waals surface area contributed by atoms with E-state index < -0.39 is 0 Å². The second kappa shape index (κ2) is 6.71. The van der Waals surface area contributed by atoms with Crippen LogP contribution >= 0.6 is 0 Å². The molecule has 1 fully saturated rings. The molecule has 0 N–H and O–H groups in total. The van der Waals surface area contributed by atoms with Crippen LogP contribution in [-0.2, 0) is 4.74 Å². The molecule has 0 aliphatic carbocycles. The van der Waals surface area contributed by atoms with Crippen LogP contribution in [0.4, 0.5) is 0 Å². The van der Waals surface area contributed by atoms with Crippen molar-refractivity contribution in [2.75, 3.05) is 26.3 Å². The van der Waals surface area contributed by atoms with Gasteiger partial charge in [0.2, 0.25) is 0 Å². The zero-order valence-corrected chi connectivity index (χ0v) is 13.0. The second-order valence-electron chi connectivity index (χ2n) is 5.50. The van der Waals surface area contributed by atoms with Crippen molar-refractivity contribution in [1.29, 1.82) is 0 Å². The fraction of sp³-hybridized carbons (Fsp3) is 0.278. The van der Waals surface area contributed by atoms with Crippen LogP contribution in [0.2, 0.25) is 0 Å². The Balaban J connectivity index is 1.84. The maximum atomic E-state index is 12.5. The number of amides is 1. The lowest BCUT2D eigenvalue weighted by molar-refractivity contribution is 0.0302. The third kappa shape index (κ3) is 3.46. The van der Waals surface area contributed by atoms with Crippen LogP contribution in [0.1, 0.15) is 27.6 Å². The Labute approximate surface area is 134 Å². The lowest BCUT2D eigenvalue weighted by atomic mass is 10.0. The second-order valence-corrected chi connectivity index (χ2v) is 5.50. The number of morpholine rings is 1. The van der Waals surface area contributed by atoms with Crippen molar-refractivity contribution in [2.45, 2.75) is 6.92 Å². The fourth-order valence-electron chi connectivity index (χ4n) is 2.56. The highest BCUT2D eigenvalue weighted by Gasteiger charge is 2.19. The molecule has 23 heavy (non-hydrogen) atoms. The summed E-state index contributed by atoms with van der Waals surface area (Å²) in [6.07, 6.45) is 3.31. The van der Waals surface area contributed by atoms with E-state index in [0.29, 0.717) is 37.4 Å². The number of hydrogen-bond donors (Lipinski definition) is 0. The van der Waals surface area contributed by atoms with Gasteiger partial charge in [0.1, 0.15) is 0 Å². The Morgan fingerprint density at radius 2 is 1.70 bits per heavy atom. The van der Waals surface area contributed by atoms with Crippen molar-refractivity contribution in [3.63, 3.8) is 0 Å². The minimum Gasteiger partial charge on any atom is -0.378 e. The summed E-state index contributed by atoms with van der Waals surface area (Å²) in [5.74, 6) is 0.00827. The number of pyridine rings is 1. The van der Waals surface area contributed by atoms with Gasteiger partial charge in [0, 0.05) is 36.6 Å². The molecule has 0 saturated carbocycles. The van der Waals surface area contributed by atoms with Crippen molar-refractivity contribution in [3.8, 4) is 11.1 Å². The lowest BCUT2D eigenvalue weighted by Crippen LogP contribution is -2.40. The molecule has 118 valence electrons. The molecule has 1 aliphatic heterocycles. The van der Waals surface area contributed by atoms with Gasteiger partial charge in [-0.15, -0.1) is 0 Å². The zero-order valence-electron chi connectivity index (χ0n) is 13.0. The largest absolute Gasteiger partial charge is 0.378 e. The first-order chi connectivity index (χ1) is 11.1. The van der Waals surface area contributed by atoms with E-state index >= 15 is 0 Å². The molecule has 2 aromatic rings. The molecule has 0 radical (unpaired) electrons. The van der Waals surface area contributed by atoms with Crippen LogP contribution in [0.5, 0.6) is 0 Å². The van der Waals surface area contributed by atoms with E-state index in [1.54, 1.807) is 29.4 Å². The molecule has 0 atom stereocenters. The van der Waals surface area contributed by atoms with Gasteiger partial charge in [-0.2, -0.15) is 0 Å². The van der Waals surface area contributed by atoms with Crippen LogP contribution < -0.4 is 0 Å². The number of ketones is 1. The van der Waals surface area contributed by atoms with Crippen molar-refractivity contribution >= 4 is 11.7 Å². The summed E-state index contributed by atoms with van der Waals surface area (Å²) in [4.78, 5) is 29.8. The Morgan fingerprint density at radius 3 is 2.35 bits per heavy atom. The molecular weight excluding hydrogens is 292 g/mol. The number of carbonyl (C=O) groups is 2. The number of rotatable bonds is 3. The summed E-state index contributed by atoms with van der Waals surface area (Å²) in [5, 5.41) is 0. The molecule has 0 unspecified atom stereocenters. The number of hydrogen-bond acceptors (Lipinski definition) is 4. The molecule has 1 aromatic heterocycles. The average molecular weight is 310 g/mol. The van der Waals surface area contributed by atoms with E-state index in [0.717, 1.165) is 11.1 Å². The monoisotopic (exact) mass is 310 g/mol. The van der Waals surface area contributed by atoms with Gasteiger partial charge in [-0.25, -0.2) is 0 Å². The van der Waals surface area contributed by atoms with E-state index in [1.807, 2.05) is 18.2 Å². The lowest BCUT2D eigenvalue weighted by Gasteiger charge is -2.26. The van der Waals surface area contributed by atoms with Gasteiger partial charge in [-0.05, 0) is 18.6 Å². The molecule has 1 amide bonds. The number of ether oxygens (including phenoxy) is 1. The van der Waals surface area contributed by atoms with Crippen LogP contribution in [0.3, 0.4) is 0 Å². The van der Waals surface area contributed by atoms with E-state index in [2.05, 4.69) is 4.98 Å². The van der Waals surface area contributed by atoms with Crippen LogP contribution in [0, 0.1) is 0 Å². The van der Waals surface area contributed by atoms with Gasteiger partial charge in [-0.1, -0.05) is 24.3 Å². The van der Waals surface area contributed by atoms with Gasteiger partial charge < -0.3 is 9.64 Å². The molecule has 5 heteroatoms. The number of benzene rings is 1. The minimum atomic E-state index is -0.0250. The normalized spacial score (nSPS) is 14.6. The van der Waals surface area contributed by atoms with E-state index in [9.17, 15) is 9.59 Å². The molecule has 2 heterocycles. The van der Waals surface area contributed by atoms with Gasteiger partial charge in [0.15, 0.2) is 5.78 Å². The highest BCUT2D eigenvalue weighted by molar-refractivity contribution is 5.96. The Hall–Kier alpha value is -2.53. The summed E-state index contributed by atoms with van der Waals surface area (Å²) in [6, 6.07) is 9.16. The first-order valence-corrected chi connectivity index (χ1v) is 7.58. The summed E-state index contributed by atoms with van der Waals surface area (Å²) in [7, 11) is 0. The van der Waals surface area contributed by atoms with E-state index in [4.69, 9.17) is 4.74 Å². The quantitative estimate of drug-likeness (QED) is 0.817. The van der Waals surface area contributed by atoms with Crippen molar-refractivity contribution in [3.05, 3.63) is 53.9 Å². The van der Waals surface area contributed by atoms with Crippen LogP contribution in [-0.4, -0.2) is 47.9 Å². The van der Waals surface area contributed by atoms with Crippen LogP contribution in [0.25, 0.3) is 11.1 Å². The zero-order chi connectivity index (χ0) is 16.2. The maximum absolute atomic E-state index is 12.5. The summed E-state index contributed by atoms with van der Waals surface area (Å²) in [5.41, 5.74) is 3.03. The molecule has 3 rings (SSSR count). The van der Waals surface area contributed by atoms with Gasteiger partial charge in [-0.3, -0.25) is 14.6 Å². The molecule has 0 bridgehead atoms. The third-order valence-corrected chi connectivity index (χ3v) is 3.91. The minimum absolute atomic E-state index is 0.0250. The molecule has 5 nitrogen and oxygen atoms in total. The predicted molar refractivity (Wildman–Crippen MR) is 86.4 cm³/mol. The third-order valence-electron chi connectivity index (χ3n) is 3.91. The van der Waals surface area contributed by atoms with E-state index in [1.165, 1.54) is 6.92 Å². The highest BCUT2D eigenvalue weighted by Crippen LogP contribution is 2.21. The van der Waals surface area contributed by atoms with E-state index in [-0.39, 0.29) is 11.7 Å². The number of nitrogens with zero attached hydrogens (tertiary/aromatic N) is 2. The standard InChI is InChI=1S/C18H18N2O3/c1-13(21)14-2-4-15(5-3-14)16-10-17(12-19-11-16)18(22)20-6-8-23-9-7-20/h2-5,10-12H,6-9H2,1H3. The molecular formula is C18H18N2O3. The molecule has 1 aliphatic rings. The van der Waals surface area contributed by atoms with Crippen molar-refractivity contribution < 1.29 is 14.3 Å². The summed E-state index contributed by atoms with van der Waals surface area (Å²) >= 11 is 0. The van der Waals surface area contributed by atoms with Gasteiger partial charge in [0.05, 0.1) is 18.8 Å². The number of carbonyl (C=O) groups excluding carboxylic acids is 2. The first kappa shape index (κ1) is 15.4. The topological polar surface area (TPSA) is 59.5 Å². The average Bonchev–Trinajstić information content (AvgIpc) is 2.62. The molecule has 1 aromatic carbocycles. The fourth-order valence-corrected chi connectivity index (χ4v) is 2.56. The smallest absolute Gasteiger partial charge is 0.255 e. The van der Waals surface area contributed by atoms with Crippen molar-refractivity contribution in [1.82, 2.24) is 9.88 Å². The number of Topliss-reactive ketones (excluding diaryl/α,β-unsaturated/α-hetero) is 1. The Morgan fingerprint density at radius 1 is 1.00 bits per heavy atom. The van der Waals surface area contributed by atoms with Gasteiger partial charge in [0.25, 0.3) is 5.91 Å². The maximum Gasteiger partial charge on any atom is 0.255 e. The Bertz CT molecular complexity index is 719. The molecule has 0 spiro atoms. The van der Waals surface area contributed by atoms with Crippen LogP contribution in [0.15, 0.2) is 42.7 Å². The predicted octanol–water partition coefficient (Wildman–Crippen LogP) is 2.42. The summed E-state index contributed by atoms with van der Waals surface area (Å²) in [6.45, 7) is 3.90. The van der Waals surface area contributed by atoms with Gasteiger partial charge >= 0.3 is 0 Å². The number of aromatic nitrogens is 1.